The lowest BCUT2D eigenvalue weighted by molar-refractivity contribution is 0.0416. The van der Waals surface area contributed by atoms with Gasteiger partial charge in [-0.05, 0) is 77.7 Å². The fourth-order valence-corrected chi connectivity index (χ4v) is 4.43. The number of rotatable bonds is 12. The molecule has 0 saturated carbocycles. The molecule has 0 bridgehead atoms. The summed E-state index contributed by atoms with van der Waals surface area (Å²) < 4.78 is 5.41. The monoisotopic (exact) mass is 558 g/mol. The Labute approximate surface area is 238 Å². The van der Waals surface area contributed by atoms with Gasteiger partial charge in [0.25, 0.3) is 0 Å². The number of hydrogen-bond acceptors (Lipinski definition) is 6. The summed E-state index contributed by atoms with van der Waals surface area (Å²) in [6.45, 7) is 11.8. The number of carbonyl (C=O) groups is 1. The number of carbonyl (C=O) groups excluding carboxylic acids is 1. The lowest BCUT2D eigenvalue weighted by Crippen LogP contribution is -2.55. The van der Waals surface area contributed by atoms with Gasteiger partial charge in [-0.3, -0.25) is 0 Å². The van der Waals surface area contributed by atoms with Crippen molar-refractivity contribution in [3.05, 3.63) is 71.8 Å². The van der Waals surface area contributed by atoms with Crippen LogP contribution in [0.4, 0.5) is 4.79 Å². The minimum atomic E-state index is -0.922. The third-order valence-corrected chi connectivity index (χ3v) is 5.96. The number of aliphatic hydroxyl groups is 2. The largest absolute Gasteiger partial charge is 0.444 e. The van der Waals surface area contributed by atoms with Gasteiger partial charge in [0, 0.05) is 18.6 Å². The van der Waals surface area contributed by atoms with Gasteiger partial charge in [0.2, 0.25) is 0 Å². The van der Waals surface area contributed by atoms with Crippen LogP contribution in [-0.4, -0.2) is 69.9 Å². The molecule has 1 amide bonds. The Kier molecular flexibility index (Phi) is 12.6. The second-order valence-corrected chi connectivity index (χ2v) is 12.3. The highest BCUT2D eigenvalue weighted by molar-refractivity contribution is 7.80. The highest BCUT2D eigenvalue weighted by Gasteiger charge is 2.26. The van der Waals surface area contributed by atoms with Crippen molar-refractivity contribution in [3.63, 3.8) is 0 Å². The quantitative estimate of drug-likeness (QED) is 0.220. The van der Waals surface area contributed by atoms with E-state index >= 15 is 0 Å². The Morgan fingerprint density at radius 1 is 0.795 bits per heavy atom. The Morgan fingerprint density at radius 3 is 1.64 bits per heavy atom. The molecule has 2 rings (SSSR count). The van der Waals surface area contributed by atoms with E-state index in [1.54, 1.807) is 20.8 Å². The second kappa shape index (κ2) is 15.2. The van der Waals surface area contributed by atoms with Crippen molar-refractivity contribution in [2.24, 2.45) is 0 Å². The fourth-order valence-electron chi connectivity index (χ4n) is 3.97. The van der Waals surface area contributed by atoms with Crippen molar-refractivity contribution in [1.29, 1.82) is 0 Å². The molecule has 2 aromatic carbocycles. The topological polar surface area (TPSA) is 115 Å². The molecule has 0 aliphatic carbocycles. The van der Waals surface area contributed by atoms with Crippen LogP contribution in [0.2, 0.25) is 0 Å². The first kappa shape index (κ1) is 32.5. The first-order chi connectivity index (χ1) is 18.2. The Bertz CT molecular complexity index is 928. The molecule has 39 heavy (non-hydrogen) atoms. The van der Waals surface area contributed by atoms with E-state index in [0.717, 1.165) is 11.1 Å². The molecule has 0 aliphatic rings. The minimum Gasteiger partial charge on any atom is -0.444 e. The van der Waals surface area contributed by atoms with Crippen LogP contribution in [0.1, 0.15) is 52.7 Å². The Morgan fingerprint density at radius 2 is 1.23 bits per heavy atom. The average Bonchev–Trinajstić information content (AvgIpc) is 2.82. The molecule has 8 nitrogen and oxygen atoms in total. The second-order valence-electron chi connectivity index (χ2n) is 11.9. The van der Waals surface area contributed by atoms with Gasteiger partial charge < -0.3 is 36.2 Å². The summed E-state index contributed by atoms with van der Waals surface area (Å²) in [5.74, 6) is 0. The van der Waals surface area contributed by atoms with Crippen LogP contribution in [-0.2, 0) is 17.6 Å². The number of nitrogens with one attached hydrogen (secondary N) is 4. The van der Waals surface area contributed by atoms with Crippen LogP contribution in [0.3, 0.4) is 0 Å². The molecule has 0 spiro atoms. The SMILES string of the molecule is CC(C)(C)NC(=S)N[C@@H](Cc1ccccc1)[C@H](O)CNC[C@@H](O)[C@H](Cc1ccccc1)NC(=O)OC(C)(C)C. The molecular formula is C30H46N4O4S. The summed E-state index contributed by atoms with van der Waals surface area (Å²) in [6, 6.07) is 18.6. The molecule has 0 heterocycles. The maximum absolute atomic E-state index is 12.5. The molecule has 2 aromatic rings. The lowest BCUT2D eigenvalue weighted by atomic mass is 10.00. The van der Waals surface area contributed by atoms with Crippen molar-refractivity contribution in [2.75, 3.05) is 13.1 Å². The summed E-state index contributed by atoms with van der Waals surface area (Å²) >= 11 is 5.50. The van der Waals surface area contributed by atoms with Gasteiger partial charge in [-0.25, -0.2) is 4.79 Å². The number of thiocarbonyl (C=S) groups is 1. The van der Waals surface area contributed by atoms with Gasteiger partial charge in [0.15, 0.2) is 5.11 Å². The molecule has 0 saturated heterocycles. The Hall–Kier alpha value is -2.72. The minimum absolute atomic E-state index is 0.160. The zero-order valence-electron chi connectivity index (χ0n) is 24.0. The zero-order chi connectivity index (χ0) is 29.1. The molecule has 0 fully saturated rings. The summed E-state index contributed by atoms with van der Waals surface area (Å²) in [5, 5.41) is 35.0. The van der Waals surface area contributed by atoms with E-state index < -0.39 is 29.9 Å². The van der Waals surface area contributed by atoms with E-state index in [0.29, 0.717) is 18.0 Å². The van der Waals surface area contributed by atoms with Crippen molar-refractivity contribution in [1.82, 2.24) is 21.3 Å². The normalized spacial score (nSPS) is 15.0. The smallest absolute Gasteiger partial charge is 0.407 e. The van der Waals surface area contributed by atoms with Crippen molar-refractivity contribution in [3.8, 4) is 0 Å². The number of ether oxygens (including phenoxy) is 1. The molecule has 216 valence electrons. The number of alkyl carbamates (subject to hydrolysis) is 1. The predicted octanol–water partition coefficient (Wildman–Crippen LogP) is 3.31. The Balaban J connectivity index is 2.03. The summed E-state index contributed by atoms with van der Waals surface area (Å²) in [6.07, 6.45) is -1.32. The van der Waals surface area contributed by atoms with Crippen LogP contribution in [0.25, 0.3) is 0 Å². The van der Waals surface area contributed by atoms with Gasteiger partial charge >= 0.3 is 6.09 Å². The molecule has 0 aromatic heterocycles. The predicted molar refractivity (Wildman–Crippen MR) is 161 cm³/mol. The first-order valence-corrected chi connectivity index (χ1v) is 13.9. The average molecular weight is 559 g/mol. The van der Waals surface area contributed by atoms with Crippen molar-refractivity contribution >= 4 is 23.4 Å². The first-order valence-electron chi connectivity index (χ1n) is 13.4. The standard InChI is InChI=1S/C30H46N4O4S/c1-29(2,3)34-27(39)32-23(17-21-13-9-7-10-14-21)25(35)19-31-20-26(36)24(18-22-15-11-8-12-16-22)33-28(37)38-30(4,5)6/h7-16,23-26,31,35-36H,17-20H2,1-6H3,(H,33,37)(H2,32,34,39)/t23-,24-,25+,26+/m0/s1. The van der Waals surface area contributed by atoms with Gasteiger partial charge in [0.1, 0.15) is 5.60 Å². The van der Waals surface area contributed by atoms with Crippen molar-refractivity contribution < 1.29 is 19.7 Å². The third kappa shape index (κ3) is 13.8. The summed E-state index contributed by atoms with van der Waals surface area (Å²) in [5.41, 5.74) is 1.17. The number of benzene rings is 2. The van der Waals surface area contributed by atoms with E-state index in [1.807, 2.05) is 81.4 Å². The van der Waals surface area contributed by atoms with Gasteiger partial charge in [-0.1, -0.05) is 60.7 Å². The van der Waals surface area contributed by atoms with Gasteiger partial charge in [-0.2, -0.15) is 0 Å². The highest BCUT2D eigenvalue weighted by Crippen LogP contribution is 2.11. The van der Waals surface area contributed by atoms with E-state index in [-0.39, 0.29) is 24.7 Å². The maximum Gasteiger partial charge on any atom is 0.407 e. The van der Waals surface area contributed by atoms with Crippen LogP contribution >= 0.6 is 12.2 Å². The summed E-state index contributed by atoms with van der Waals surface area (Å²) in [7, 11) is 0. The zero-order valence-corrected chi connectivity index (χ0v) is 24.8. The van der Waals surface area contributed by atoms with Crippen LogP contribution < -0.4 is 21.3 Å². The molecular weight excluding hydrogens is 512 g/mol. The van der Waals surface area contributed by atoms with E-state index in [4.69, 9.17) is 17.0 Å². The van der Waals surface area contributed by atoms with Crippen LogP contribution in [0.15, 0.2) is 60.7 Å². The molecule has 0 radical (unpaired) electrons. The molecule has 0 aliphatic heterocycles. The summed E-state index contributed by atoms with van der Waals surface area (Å²) in [4.78, 5) is 12.5. The van der Waals surface area contributed by atoms with Crippen molar-refractivity contribution in [2.45, 2.75) is 89.8 Å². The van der Waals surface area contributed by atoms with E-state index in [2.05, 4.69) is 21.3 Å². The van der Waals surface area contributed by atoms with E-state index in [1.165, 1.54) is 0 Å². The van der Waals surface area contributed by atoms with E-state index in [9.17, 15) is 15.0 Å². The number of aliphatic hydroxyl groups excluding tert-OH is 2. The molecule has 0 unspecified atom stereocenters. The highest BCUT2D eigenvalue weighted by atomic mass is 32.1. The fraction of sp³-hybridized carbons (Fsp3) is 0.533. The molecule has 4 atom stereocenters. The third-order valence-electron chi connectivity index (χ3n) is 5.74. The number of hydrogen-bond donors (Lipinski definition) is 6. The van der Waals surface area contributed by atoms with Gasteiger partial charge in [0.05, 0.1) is 24.3 Å². The maximum atomic E-state index is 12.5. The van der Waals surface area contributed by atoms with Crippen LogP contribution in [0, 0.1) is 0 Å². The lowest BCUT2D eigenvalue weighted by Gasteiger charge is -2.30. The molecule has 6 N–H and O–H groups in total. The van der Waals surface area contributed by atoms with Crippen LogP contribution in [0.5, 0.6) is 0 Å². The number of amides is 1. The molecule has 9 heteroatoms. The van der Waals surface area contributed by atoms with Gasteiger partial charge in [-0.15, -0.1) is 0 Å².